The highest BCUT2D eigenvalue weighted by Gasteiger charge is 2.50. The van der Waals surface area contributed by atoms with Gasteiger partial charge < -0.3 is 0 Å². The van der Waals surface area contributed by atoms with E-state index in [1.165, 1.54) is 9.75 Å². The molecule has 1 aliphatic rings. The number of rotatable bonds is 2. The molecule has 0 bridgehead atoms. The molecule has 0 amide bonds. The highest BCUT2D eigenvalue weighted by atomic mass is 79.9. The van der Waals surface area contributed by atoms with Crippen LogP contribution in [0.2, 0.25) is 0 Å². The number of thiophene rings is 1. The van der Waals surface area contributed by atoms with Gasteiger partial charge in [-0.2, -0.15) is 0 Å². The maximum Gasteiger partial charge on any atom is 0.141 e. The van der Waals surface area contributed by atoms with Gasteiger partial charge in [0.25, 0.3) is 0 Å². The first-order valence-electron chi connectivity index (χ1n) is 4.34. The molecule has 0 spiro atoms. The second-order valence-corrected chi connectivity index (χ2v) is 5.78. The Kier molecular flexibility index (Phi) is 2.11. The molecule has 1 heterocycles. The van der Waals surface area contributed by atoms with E-state index in [2.05, 4.69) is 28.9 Å². The van der Waals surface area contributed by atoms with Crippen LogP contribution in [0, 0.1) is 6.92 Å². The molecule has 0 radical (unpaired) electrons. The van der Waals surface area contributed by atoms with Gasteiger partial charge in [-0.1, -0.05) is 0 Å². The van der Waals surface area contributed by atoms with E-state index in [0.29, 0.717) is 5.78 Å². The number of Topliss-reactive ketones (excluding diaryl/α,β-unsaturated/α-hetero) is 1. The van der Waals surface area contributed by atoms with Gasteiger partial charge in [0.1, 0.15) is 5.78 Å². The standard InChI is InChI=1S/C10H11BrOS/c1-6-5-8(11)9(13-6)10(3-4-10)7(2)12/h5H,3-4H2,1-2H3. The van der Waals surface area contributed by atoms with Crippen LogP contribution >= 0.6 is 27.3 Å². The number of halogens is 1. The molecule has 1 aromatic rings. The minimum absolute atomic E-state index is 0.113. The van der Waals surface area contributed by atoms with E-state index >= 15 is 0 Å². The number of aryl methyl sites for hydroxylation is 1. The van der Waals surface area contributed by atoms with Crippen LogP contribution in [0.5, 0.6) is 0 Å². The van der Waals surface area contributed by atoms with Gasteiger partial charge >= 0.3 is 0 Å². The first kappa shape index (κ1) is 9.41. The molecule has 0 unspecified atom stereocenters. The SMILES string of the molecule is CC(=O)C1(c2sc(C)cc2Br)CC1. The third-order valence-electron chi connectivity index (χ3n) is 2.67. The summed E-state index contributed by atoms with van der Waals surface area (Å²) in [5.74, 6) is 0.315. The second kappa shape index (κ2) is 2.92. The summed E-state index contributed by atoms with van der Waals surface area (Å²) in [5, 5.41) is 0. The first-order valence-corrected chi connectivity index (χ1v) is 5.95. The normalized spacial score (nSPS) is 18.7. The Morgan fingerprint density at radius 3 is 2.54 bits per heavy atom. The van der Waals surface area contributed by atoms with E-state index in [1.807, 2.05) is 0 Å². The molecular formula is C10H11BrOS. The maximum atomic E-state index is 11.5. The summed E-state index contributed by atoms with van der Waals surface area (Å²) in [6.45, 7) is 3.78. The van der Waals surface area contributed by atoms with Gasteiger partial charge in [0.2, 0.25) is 0 Å². The van der Waals surface area contributed by atoms with E-state index in [4.69, 9.17) is 0 Å². The van der Waals surface area contributed by atoms with Gasteiger partial charge in [-0.25, -0.2) is 0 Å². The largest absolute Gasteiger partial charge is 0.299 e. The van der Waals surface area contributed by atoms with Crippen LogP contribution in [-0.4, -0.2) is 5.78 Å². The summed E-state index contributed by atoms with van der Waals surface area (Å²) in [5.41, 5.74) is -0.113. The lowest BCUT2D eigenvalue weighted by Crippen LogP contribution is -2.15. The highest BCUT2D eigenvalue weighted by molar-refractivity contribution is 9.10. The molecule has 70 valence electrons. The Morgan fingerprint density at radius 2 is 2.23 bits per heavy atom. The van der Waals surface area contributed by atoms with Crippen molar-refractivity contribution >= 4 is 33.0 Å². The zero-order valence-electron chi connectivity index (χ0n) is 7.69. The molecule has 0 atom stereocenters. The van der Waals surface area contributed by atoms with Gasteiger partial charge in [-0.3, -0.25) is 4.79 Å². The topological polar surface area (TPSA) is 17.1 Å². The van der Waals surface area contributed by atoms with E-state index in [-0.39, 0.29) is 5.41 Å². The van der Waals surface area contributed by atoms with Crippen molar-refractivity contribution in [2.75, 3.05) is 0 Å². The Labute approximate surface area is 90.3 Å². The summed E-state index contributed by atoms with van der Waals surface area (Å²) >= 11 is 5.26. The van der Waals surface area contributed by atoms with Crippen LogP contribution in [0.1, 0.15) is 29.5 Å². The lowest BCUT2D eigenvalue weighted by Gasteiger charge is -2.08. The van der Waals surface area contributed by atoms with Crippen molar-refractivity contribution < 1.29 is 4.79 Å². The average molecular weight is 259 g/mol. The molecule has 1 aliphatic carbocycles. The van der Waals surface area contributed by atoms with E-state index < -0.39 is 0 Å². The maximum absolute atomic E-state index is 11.5. The number of carbonyl (C=O) groups excluding carboxylic acids is 1. The quantitative estimate of drug-likeness (QED) is 0.795. The van der Waals surface area contributed by atoms with Crippen molar-refractivity contribution in [2.24, 2.45) is 0 Å². The van der Waals surface area contributed by atoms with Crippen LogP contribution in [0.15, 0.2) is 10.5 Å². The predicted molar refractivity (Wildman–Crippen MR) is 58.3 cm³/mol. The van der Waals surface area contributed by atoms with Crippen molar-refractivity contribution in [3.63, 3.8) is 0 Å². The molecule has 0 aliphatic heterocycles. The van der Waals surface area contributed by atoms with E-state index in [9.17, 15) is 4.79 Å². The molecule has 0 N–H and O–H groups in total. The summed E-state index contributed by atoms with van der Waals surface area (Å²) < 4.78 is 1.11. The Balaban J connectivity index is 2.46. The predicted octanol–water partition coefficient (Wildman–Crippen LogP) is 3.44. The third kappa shape index (κ3) is 1.38. The fraction of sp³-hybridized carbons (Fsp3) is 0.500. The molecule has 13 heavy (non-hydrogen) atoms. The van der Waals surface area contributed by atoms with Gasteiger partial charge in [-0.05, 0) is 48.7 Å². The Morgan fingerprint density at radius 1 is 1.62 bits per heavy atom. The molecule has 0 saturated heterocycles. The van der Waals surface area contributed by atoms with Crippen molar-refractivity contribution in [1.82, 2.24) is 0 Å². The summed E-state index contributed by atoms with van der Waals surface area (Å²) in [6.07, 6.45) is 2.06. The summed E-state index contributed by atoms with van der Waals surface area (Å²) in [6, 6.07) is 2.10. The van der Waals surface area contributed by atoms with Crippen molar-refractivity contribution in [3.05, 3.63) is 20.3 Å². The smallest absolute Gasteiger partial charge is 0.141 e. The fourth-order valence-electron chi connectivity index (χ4n) is 1.67. The molecule has 1 aromatic heterocycles. The summed E-state index contributed by atoms with van der Waals surface area (Å²) in [7, 11) is 0. The van der Waals surface area contributed by atoms with Crippen molar-refractivity contribution in [1.29, 1.82) is 0 Å². The Bertz CT molecular complexity index is 363. The minimum atomic E-state index is -0.113. The lowest BCUT2D eigenvalue weighted by atomic mass is 10.0. The van der Waals surface area contributed by atoms with Gasteiger partial charge in [0.15, 0.2) is 0 Å². The van der Waals surface area contributed by atoms with Crippen LogP contribution in [0.3, 0.4) is 0 Å². The van der Waals surface area contributed by atoms with E-state index in [1.54, 1.807) is 18.3 Å². The fourth-order valence-corrected chi connectivity index (χ4v) is 3.99. The summed E-state index contributed by atoms with van der Waals surface area (Å²) in [4.78, 5) is 14.0. The molecule has 3 heteroatoms. The molecule has 1 saturated carbocycles. The van der Waals surface area contributed by atoms with Gasteiger partial charge in [0, 0.05) is 14.2 Å². The number of hydrogen-bond acceptors (Lipinski definition) is 2. The van der Waals surface area contributed by atoms with Crippen LogP contribution in [-0.2, 0) is 10.2 Å². The molecule has 0 aromatic carbocycles. The van der Waals surface area contributed by atoms with Crippen molar-refractivity contribution in [3.8, 4) is 0 Å². The zero-order valence-corrected chi connectivity index (χ0v) is 10.1. The number of hydrogen-bond donors (Lipinski definition) is 0. The molecule has 2 rings (SSSR count). The van der Waals surface area contributed by atoms with Gasteiger partial charge in [-0.15, -0.1) is 11.3 Å². The average Bonchev–Trinajstić information content (AvgIpc) is 2.75. The van der Waals surface area contributed by atoms with E-state index in [0.717, 1.165) is 17.3 Å². The molecule has 1 fully saturated rings. The Hall–Kier alpha value is -0.150. The molecular weight excluding hydrogens is 248 g/mol. The first-order chi connectivity index (χ1) is 6.06. The minimum Gasteiger partial charge on any atom is -0.299 e. The number of ketones is 1. The lowest BCUT2D eigenvalue weighted by molar-refractivity contribution is -0.119. The monoisotopic (exact) mass is 258 g/mol. The van der Waals surface area contributed by atoms with Crippen LogP contribution in [0.4, 0.5) is 0 Å². The van der Waals surface area contributed by atoms with Crippen LogP contribution in [0.25, 0.3) is 0 Å². The zero-order chi connectivity index (χ0) is 9.64. The van der Waals surface area contributed by atoms with Crippen molar-refractivity contribution in [2.45, 2.75) is 32.1 Å². The van der Waals surface area contributed by atoms with Gasteiger partial charge in [0.05, 0.1) is 5.41 Å². The highest BCUT2D eigenvalue weighted by Crippen LogP contribution is 2.53. The third-order valence-corrected chi connectivity index (χ3v) is 4.81. The molecule has 1 nitrogen and oxygen atoms in total. The van der Waals surface area contributed by atoms with Crippen LogP contribution < -0.4 is 0 Å². The second-order valence-electron chi connectivity index (χ2n) is 3.67. The number of carbonyl (C=O) groups is 1.